The van der Waals surface area contributed by atoms with Crippen LogP contribution in [0.25, 0.3) is 0 Å². The van der Waals surface area contributed by atoms with Crippen molar-refractivity contribution in [3.8, 4) is 0 Å². The minimum Gasteiger partial charge on any atom is -0.455 e. The Hall–Kier alpha value is -3.39. The number of nitrogens with one attached hydrogen (secondary N) is 2. The molecule has 2 N–H and O–H groups in total. The summed E-state index contributed by atoms with van der Waals surface area (Å²) in [5.74, 6) is -2.83. The van der Waals surface area contributed by atoms with Crippen molar-refractivity contribution >= 4 is 41.0 Å². The molecule has 0 saturated carbocycles. The fourth-order valence-corrected chi connectivity index (χ4v) is 3.09. The van der Waals surface area contributed by atoms with E-state index in [1.54, 1.807) is 55.5 Å². The molecule has 1 heterocycles. The molecule has 0 aliphatic carbocycles. The van der Waals surface area contributed by atoms with Crippen LogP contribution in [0.4, 0.5) is 5.69 Å². The van der Waals surface area contributed by atoms with Gasteiger partial charge in [0.15, 0.2) is 6.61 Å². The van der Waals surface area contributed by atoms with E-state index in [-0.39, 0.29) is 13.0 Å². The molecule has 0 bridgehead atoms. The van der Waals surface area contributed by atoms with Gasteiger partial charge in [-0.15, -0.1) is 0 Å². The van der Waals surface area contributed by atoms with Gasteiger partial charge in [0.2, 0.25) is 5.91 Å². The summed E-state index contributed by atoms with van der Waals surface area (Å²) in [6.45, 7) is 1.29. The maximum Gasteiger partial charge on any atom is 0.311 e. The SMILES string of the molecule is Cc1ccc(Cl)cc1NC(=O)COC(=O)[C@H]1CC(=O)N(NC(=O)c2ccccc2)C1. The molecule has 0 unspecified atom stereocenters. The lowest BCUT2D eigenvalue weighted by Crippen LogP contribution is -2.43. The topological polar surface area (TPSA) is 105 Å². The molecule has 3 amide bonds. The summed E-state index contributed by atoms with van der Waals surface area (Å²) in [7, 11) is 0. The predicted octanol–water partition coefficient (Wildman–Crippen LogP) is 2.32. The van der Waals surface area contributed by atoms with Crippen molar-refractivity contribution in [2.24, 2.45) is 5.92 Å². The Morgan fingerprint density at radius 2 is 1.90 bits per heavy atom. The molecule has 0 aromatic heterocycles. The Morgan fingerprint density at radius 3 is 2.63 bits per heavy atom. The number of halogens is 1. The number of benzene rings is 2. The quantitative estimate of drug-likeness (QED) is 0.686. The van der Waals surface area contributed by atoms with Crippen molar-refractivity contribution < 1.29 is 23.9 Å². The van der Waals surface area contributed by atoms with E-state index >= 15 is 0 Å². The van der Waals surface area contributed by atoms with Gasteiger partial charge in [-0.25, -0.2) is 0 Å². The van der Waals surface area contributed by atoms with E-state index in [2.05, 4.69) is 10.7 Å². The van der Waals surface area contributed by atoms with Crippen molar-refractivity contribution in [3.63, 3.8) is 0 Å². The summed E-state index contributed by atoms with van der Waals surface area (Å²) >= 11 is 5.91. The van der Waals surface area contributed by atoms with Crippen LogP contribution in [0.15, 0.2) is 48.5 Å². The first-order valence-electron chi connectivity index (χ1n) is 9.22. The molecule has 0 radical (unpaired) electrons. The summed E-state index contributed by atoms with van der Waals surface area (Å²) in [6, 6.07) is 13.5. The standard InChI is InChI=1S/C21H20ClN3O5/c1-13-7-8-16(22)10-17(13)23-18(26)12-30-21(29)15-9-19(27)25(11-15)24-20(28)14-5-3-2-4-6-14/h2-8,10,15H,9,11-12H2,1H3,(H,23,26)(H,24,28)/t15-/m0/s1. The molecule has 30 heavy (non-hydrogen) atoms. The monoisotopic (exact) mass is 429 g/mol. The van der Waals surface area contributed by atoms with E-state index in [0.717, 1.165) is 10.6 Å². The number of aryl methyl sites for hydroxylation is 1. The van der Waals surface area contributed by atoms with E-state index in [4.69, 9.17) is 16.3 Å². The Kier molecular flexibility index (Phi) is 6.68. The normalized spacial score (nSPS) is 15.6. The van der Waals surface area contributed by atoms with E-state index in [0.29, 0.717) is 16.3 Å². The zero-order valence-corrected chi connectivity index (χ0v) is 16.9. The molecule has 156 valence electrons. The molecule has 2 aromatic rings. The molecule has 8 nitrogen and oxygen atoms in total. The Bertz CT molecular complexity index is 980. The summed E-state index contributed by atoms with van der Waals surface area (Å²) in [6.07, 6.45) is -0.108. The van der Waals surface area contributed by atoms with Crippen molar-refractivity contribution in [1.82, 2.24) is 10.4 Å². The van der Waals surface area contributed by atoms with Crippen LogP contribution in [0.1, 0.15) is 22.3 Å². The number of hydrazine groups is 1. The van der Waals surface area contributed by atoms with Crippen LogP contribution in [-0.2, 0) is 19.1 Å². The van der Waals surface area contributed by atoms with Gasteiger partial charge in [0.1, 0.15) is 0 Å². The molecule has 9 heteroatoms. The maximum absolute atomic E-state index is 12.3. The summed E-state index contributed by atoms with van der Waals surface area (Å²) in [5, 5.41) is 4.19. The van der Waals surface area contributed by atoms with Crippen LogP contribution in [0.5, 0.6) is 0 Å². The van der Waals surface area contributed by atoms with Crippen LogP contribution < -0.4 is 10.7 Å². The van der Waals surface area contributed by atoms with E-state index in [1.165, 1.54) is 0 Å². The van der Waals surface area contributed by atoms with Gasteiger partial charge in [-0.1, -0.05) is 35.9 Å². The third-order valence-electron chi connectivity index (χ3n) is 4.55. The predicted molar refractivity (Wildman–Crippen MR) is 110 cm³/mol. The number of hydrogen-bond acceptors (Lipinski definition) is 5. The number of ether oxygens (including phenoxy) is 1. The number of anilines is 1. The molecule has 2 aromatic carbocycles. The largest absolute Gasteiger partial charge is 0.455 e. The number of hydrogen-bond donors (Lipinski definition) is 2. The second-order valence-corrected chi connectivity index (χ2v) is 7.26. The van der Waals surface area contributed by atoms with Gasteiger partial charge >= 0.3 is 5.97 Å². The highest BCUT2D eigenvalue weighted by atomic mass is 35.5. The molecule has 0 spiro atoms. The average Bonchev–Trinajstić information content (AvgIpc) is 3.10. The van der Waals surface area contributed by atoms with Crippen LogP contribution in [-0.4, -0.2) is 41.9 Å². The van der Waals surface area contributed by atoms with E-state index in [9.17, 15) is 19.2 Å². The zero-order valence-electron chi connectivity index (χ0n) is 16.2. The number of nitrogens with zero attached hydrogens (tertiary/aromatic N) is 1. The first kappa shape index (κ1) is 21.3. The third kappa shape index (κ3) is 5.36. The lowest BCUT2D eigenvalue weighted by molar-refractivity contribution is -0.151. The molecule has 1 atom stereocenters. The van der Waals surface area contributed by atoms with Gasteiger partial charge in [0.25, 0.3) is 11.8 Å². The Labute approximate surface area is 178 Å². The van der Waals surface area contributed by atoms with Gasteiger partial charge in [0, 0.05) is 22.7 Å². The highest BCUT2D eigenvalue weighted by Gasteiger charge is 2.36. The van der Waals surface area contributed by atoms with Crippen LogP contribution in [0.2, 0.25) is 5.02 Å². The van der Waals surface area contributed by atoms with Crippen molar-refractivity contribution in [2.45, 2.75) is 13.3 Å². The van der Waals surface area contributed by atoms with Crippen LogP contribution in [0, 0.1) is 12.8 Å². The number of carbonyl (C=O) groups is 4. The van der Waals surface area contributed by atoms with Gasteiger partial charge in [0.05, 0.1) is 12.5 Å². The molecule has 3 rings (SSSR count). The minimum atomic E-state index is -0.769. The van der Waals surface area contributed by atoms with Gasteiger partial charge in [-0.3, -0.25) is 29.6 Å². The number of rotatable bonds is 6. The fraction of sp³-hybridized carbons (Fsp3) is 0.238. The Balaban J connectivity index is 1.49. The first-order chi connectivity index (χ1) is 14.3. The van der Waals surface area contributed by atoms with E-state index < -0.39 is 36.2 Å². The smallest absolute Gasteiger partial charge is 0.311 e. The highest BCUT2D eigenvalue weighted by Crippen LogP contribution is 2.21. The summed E-state index contributed by atoms with van der Waals surface area (Å²) < 4.78 is 5.04. The van der Waals surface area contributed by atoms with E-state index in [1.807, 2.05) is 0 Å². The number of amides is 3. The molecular weight excluding hydrogens is 410 g/mol. The fourth-order valence-electron chi connectivity index (χ4n) is 2.92. The second-order valence-electron chi connectivity index (χ2n) is 6.83. The maximum atomic E-state index is 12.3. The van der Waals surface area contributed by atoms with Crippen molar-refractivity contribution in [2.75, 3.05) is 18.5 Å². The number of carbonyl (C=O) groups excluding carboxylic acids is 4. The Morgan fingerprint density at radius 1 is 1.17 bits per heavy atom. The van der Waals surface area contributed by atoms with Crippen LogP contribution >= 0.6 is 11.6 Å². The van der Waals surface area contributed by atoms with Gasteiger partial charge in [-0.05, 0) is 36.8 Å². The van der Waals surface area contributed by atoms with Crippen molar-refractivity contribution in [1.29, 1.82) is 0 Å². The molecular formula is C21H20ClN3O5. The molecule has 1 aliphatic rings. The minimum absolute atomic E-state index is 0.0226. The van der Waals surface area contributed by atoms with Crippen LogP contribution in [0.3, 0.4) is 0 Å². The lowest BCUT2D eigenvalue weighted by atomic mass is 10.1. The van der Waals surface area contributed by atoms with Gasteiger partial charge < -0.3 is 10.1 Å². The number of esters is 1. The molecule has 1 saturated heterocycles. The third-order valence-corrected chi connectivity index (χ3v) is 4.79. The lowest BCUT2D eigenvalue weighted by Gasteiger charge is -2.17. The molecule has 1 aliphatic heterocycles. The van der Waals surface area contributed by atoms with Crippen molar-refractivity contribution in [3.05, 3.63) is 64.7 Å². The first-order valence-corrected chi connectivity index (χ1v) is 9.60. The summed E-state index contributed by atoms with van der Waals surface area (Å²) in [5.41, 5.74) is 4.21. The van der Waals surface area contributed by atoms with Gasteiger partial charge in [-0.2, -0.15) is 0 Å². The average molecular weight is 430 g/mol. The second kappa shape index (κ2) is 9.41. The zero-order chi connectivity index (χ0) is 21.7. The highest BCUT2D eigenvalue weighted by molar-refractivity contribution is 6.31. The summed E-state index contributed by atoms with van der Waals surface area (Å²) in [4.78, 5) is 48.6. The molecule has 1 fully saturated rings.